The predicted molar refractivity (Wildman–Crippen MR) is 79.8 cm³/mol. The first kappa shape index (κ1) is 14.5. The van der Waals surface area contributed by atoms with E-state index in [1.165, 1.54) is 18.9 Å². The first-order valence-electron chi connectivity index (χ1n) is 7.63. The van der Waals surface area contributed by atoms with Crippen LogP contribution in [0.5, 0.6) is 0 Å². The fourth-order valence-electron chi connectivity index (χ4n) is 3.43. The molecule has 1 saturated heterocycles. The molecule has 0 bridgehead atoms. The molecule has 1 saturated carbocycles. The van der Waals surface area contributed by atoms with Gasteiger partial charge in [-0.1, -0.05) is 25.0 Å². The van der Waals surface area contributed by atoms with Crippen molar-refractivity contribution in [2.24, 2.45) is 5.73 Å². The van der Waals surface area contributed by atoms with Crippen LogP contribution in [0.2, 0.25) is 0 Å². The Kier molecular flexibility index (Phi) is 4.22. The lowest BCUT2D eigenvalue weighted by Crippen LogP contribution is -2.52. The van der Waals surface area contributed by atoms with Crippen LogP contribution >= 0.6 is 0 Å². The van der Waals surface area contributed by atoms with Gasteiger partial charge in [-0.15, -0.1) is 0 Å². The summed E-state index contributed by atoms with van der Waals surface area (Å²) in [7, 11) is 0. The fraction of sp³-hybridized carbons (Fsp3) is 0.562. The smallest absolute Gasteiger partial charge is 0.128 e. The summed E-state index contributed by atoms with van der Waals surface area (Å²) in [5.41, 5.74) is 6.51. The minimum Gasteiger partial charge on any atom is -0.384 e. The molecule has 1 aliphatic heterocycles. The number of nitrogens with two attached hydrogens (primary N) is 1. The highest BCUT2D eigenvalue weighted by Gasteiger charge is 2.34. The number of halogens is 1. The quantitative estimate of drug-likeness (QED) is 0.663. The second-order valence-electron chi connectivity index (χ2n) is 5.95. The van der Waals surface area contributed by atoms with Gasteiger partial charge in [-0.05, 0) is 18.9 Å². The van der Waals surface area contributed by atoms with Gasteiger partial charge in [0.2, 0.25) is 0 Å². The van der Waals surface area contributed by atoms with Crippen LogP contribution in [-0.2, 0) is 11.3 Å². The minimum atomic E-state index is -0.276. The Morgan fingerprint density at radius 3 is 2.95 bits per heavy atom. The second-order valence-corrected chi connectivity index (χ2v) is 5.95. The Balaban J connectivity index is 1.74. The monoisotopic (exact) mass is 291 g/mol. The van der Waals surface area contributed by atoms with Crippen molar-refractivity contribution in [2.45, 2.75) is 44.4 Å². The molecule has 0 spiro atoms. The number of rotatable bonds is 3. The third kappa shape index (κ3) is 3.09. The van der Waals surface area contributed by atoms with Crippen molar-refractivity contribution in [1.29, 1.82) is 5.41 Å². The number of nitrogens with one attached hydrogen (secondary N) is 1. The molecule has 4 nitrogen and oxygen atoms in total. The molecule has 114 valence electrons. The van der Waals surface area contributed by atoms with E-state index >= 15 is 0 Å². The molecule has 0 radical (unpaired) electrons. The van der Waals surface area contributed by atoms with E-state index < -0.39 is 0 Å². The minimum absolute atomic E-state index is 0.0980. The SMILES string of the molecule is N=C(N)c1ccc(CN2CCOC3CCCCC32)c(F)c1. The normalized spacial score (nSPS) is 26.3. The molecule has 21 heavy (non-hydrogen) atoms. The summed E-state index contributed by atoms with van der Waals surface area (Å²) < 4.78 is 20.0. The third-order valence-electron chi connectivity index (χ3n) is 4.58. The largest absolute Gasteiger partial charge is 0.384 e. The molecule has 3 N–H and O–H groups in total. The molecular formula is C16H22FN3O. The van der Waals surface area contributed by atoms with E-state index in [0.29, 0.717) is 29.8 Å². The number of nitrogens with zero attached hydrogens (tertiary/aromatic N) is 1. The lowest BCUT2D eigenvalue weighted by Gasteiger charge is -2.43. The van der Waals surface area contributed by atoms with Gasteiger partial charge in [0.15, 0.2) is 0 Å². The van der Waals surface area contributed by atoms with Crippen LogP contribution in [0.1, 0.15) is 36.8 Å². The average molecular weight is 291 g/mol. The van der Waals surface area contributed by atoms with Crippen LogP contribution < -0.4 is 5.73 Å². The highest BCUT2D eigenvalue weighted by Crippen LogP contribution is 2.29. The maximum absolute atomic E-state index is 14.2. The molecule has 2 aliphatic rings. The maximum Gasteiger partial charge on any atom is 0.128 e. The highest BCUT2D eigenvalue weighted by molar-refractivity contribution is 5.94. The van der Waals surface area contributed by atoms with Gasteiger partial charge in [0, 0.05) is 30.3 Å². The average Bonchev–Trinajstić information content (AvgIpc) is 2.49. The molecular weight excluding hydrogens is 269 g/mol. The van der Waals surface area contributed by atoms with Gasteiger partial charge in [-0.25, -0.2) is 4.39 Å². The molecule has 2 fully saturated rings. The first-order chi connectivity index (χ1) is 10.1. The topological polar surface area (TPSA) is 62.3 Å². The van der Waals surface area contributed by atoms with Crippen LogP contribution in [0.25, 0.3) is 0 Å². The van der Waals surface area contributed by atoms with E-state index in [4.69, 9.17) is 15.9 Å². The zero-order valence-corrected chi connectivity index (χ0v) is 12.1. The summed E-state index contributed by atoms with van der Waals surface area (Å²) in [4.78, 5) is 2.35. The van der Waals surface area contributed by atoms with E-state index in [-0.39, 0.29) is 11.7 Å². The van der Waals surface area contributed by atoms with Crippen molar-refractivity contribution in [3.8, 4) is 0 Å². The summed E-state index contributed by atoms with van der Waals surface area (Å²) in [6, 6.07) is 5.24. The van der Waals surface area contributed by atoms with Gasteiger partial charge in [0.1, 0.15) is 11.7 Å². The van der Waals surface area contributed by atoms with E-state index in [0.717, 1.165) is 26.0 Å². The molecule has 1 aromatic carbocycles. The Bertz CT molecular complexity index is 532. The Labute approximate surface area is 124 Å². The van der Waals surface area contributed by atoms with Crippen molar-refractivity contribution in [3.05, 3.63) is 35.1 Å². The Morgan fingerprint density at radius 2 is 2.19 bits per heavy atom. The molecule has 1 aromatic rings. The molecule has 2 unspecified atom stereocenters. The summed E-state index contributed by atoms with van der Waals surface area (Å²) in [5, 5.41) is 7.36. The van der Waals surface area contributed by atoms with Crippen molar-refractivity contribution in [1.82, 2.24) is 4.90 Å². The summed E-state index contributed by atoms with van der Waals surface area (Å²) in [6.07, 6.45) is 5.03. The van der Waals surface area contributed by atoms with Crippen molar-refractivity contribution in [2.75, 3.05) is 13.2 Å². The van der Waals surface area contributed by atoms with Gasteiger partial charge in [-0.2, -0.15) is 0 Å². The van der Waals surface area contributed by atoms with Gasteiger partial charge < -0.3 is 10.5 Å². The molecule has 1 heterocycles. The van der Waals surface area contributed by atoms with Gasteiger partial charge >= 0.3 is 0 Å². The van der Waals surface area contributed by atoms with Gasteiger partial charge in [0.05, 0.1) is 12.7 Å². The highest BCUT2D eigenvalue weighted by atomic mass is 19.1. The number of hydrogen-bond donors (Lipinski definition) is 2. The van der Waals surface area contributed by atoms with Gasteiger partial charge in [0.25, 0.3) is 0 Å². The Hall–Kier alpha value is -1.46. The van der Waals surface area contributed by atoms with E-state index in [1.54, 1.807) is 12.1 Å². The van der Waals surface area contributed by atoms with Crippen molar-refractivity contribution in [3.63, 3.8) is 0 Å². The summed E-state index contributed by atoms with van der Waals surface area (Å²) in [6.45, 7) is 2.19. The number of nitrogen functional groups attached to an aromatic ring is 1. The molecule has 0 amide bonds. The molecule has 3 rings (SSSR count). The lowest BCUT2D eigenvalue weighted by molar-refractivity contribution is -0.0913. The molecule has 2 atom stereocenters. The Morgan fingerprint density at radius 1 is 1.38 bits per heavy atom. The maximum atomic E-state index is 14.2. The molecule has 5 heteroatoms. The van der Waals surface area contributed by atoms with Gasteiger partial charge in [-0.3, -0.25) is 10.3 Å². The zero-order chi connectivity index (χ0) is 14.8. The van der Waals surface area contributed by atoms with Crippen LogP contribution in [-0.4, -0.2) is 36.0 Å². The predicted octanol–water partition coefficient (Wildman–Crippen LogP) is 2.25. The number of ether oxygens (including phenoxy) is 1. The van der Waals surface area contributed by atoms with Crippen LogP contribution in [0, 0.1) is 11.2 Å². The zero-order valence-electron chi connectivity index (χ0n) is 12.1. The van der Waals surface area contributed by atoms with Crippen LogP contribution in [0.4, 0.5) is 4.39 Å². The van der Waals surface area contributed by atoms with Crippen molar-refractivity contribution >= 4 is 5.84 Å². The fourth-order valence-corrected chi connectivity index (χ4v) is 3.43. The first-order valence-corrected chi connectivity index (χ1v) is 7.63. The van der Waals surface area contributed by atoms with Crippen LogP contribution in [0.15, 0.2) is 18.2 Å². The number of amidine groups is 1. The number of fused-ring (bicyclic) bond motifs is 1. The lowest BCUT2D eigenvalue weighted by atomic mass is 9.90. The number of hydrogen-bond acceptors (Lipinski definition) is 3. The standard InChI is InChI=1S/C16H22FN3O/c17-13-9-11(16(18)19)5-6-12(13)10-20-7-8-21-15-4-2-1-3-14(15)20/h5-6,9,14-15H,1-4,7-8,10H2,(H3,18,19). The van der Waals surface area contributed by atoms with E-state index in [1.807, 2.05) is 0 Å². The van der Waals surface area contributed by atoms with E-state index in [2.05, 4.69) is 4.90 Å². The van der Waals surface area contributed by atoms with E-state index in [9.17, 15) is 4.39 Å². The third-order valence-corrected chi connectivity index (χ3v) is 4.58. The molecule has 1 aliphatic carbocycles. The second kappa shape index (κ2) is 6.12. The summed E-state index contributed by atoms with van der Waals surface area (Å²) in [5.74, 6) is -0.374. The van der Waals surface area contributed by atoms with Crippen molar-refractivity contribution < 1.29 is 9.13 Å². The number of morpholine rings is 1. The summed E-state index contributed by atoms with van der Waals surface area (Å²) >= 11 is 0. The van der Waals surface area contributed by atoms with Crippen LogP contribution in [0.3, 0.4) is 0 Å². The number of benzene rings is 1. The molecule has 0 aromatic heterocycles.